The maximum absolute atomic E-state index is 12.7. The molecule has 0 aliphatic carbocycles. The van der Waals surface area contributed by atoms with Crippen molar-refractivity contribution in [2.45, 2.75) is 39.2 Å². The van der Waals surface area contributed by atoms with Gasteiger partial charge in [-0.3, -0.25) is 19.4 Å². The molecule has 28 heavy (non-hydrogen) atoms. The van der Waals surface area contributed by atoms with Crippen LogP contribution in [0.15, 0.2) is 18.2 Å². The van der Waals surface area contributed by atoms with Gasteiger partial charge in [-0.15, -0.1) is 0 Å². The smallest absolute Gasteiger partial charge is 0.241 e. The molecule has 154 valence electrons. The first-order valence-corrected chi connectivity index (χ1v) is 10.6. The lowest BCUT2D eigenvalue weighted by Crippen LogP contribution is -2.54. The molecule has 2 saturated heterocycles. The Morgan fingerprint density at radius 2 is 1.75 bits per heavy atom. The number of nitrogens with zero attached hydrogens (tertiary/aromatic N) is 3. The van der Waals surface area contributed by atoms with Gasteiger partial charge in [-0.1, -0.05) is 17.7 Å². The number of amides is 2. The second-order valence-electron chi connectivity index (χ2n) is 7.83. The highest BCUT2D eigenvalue weighted by Crippen LogP contribution is 2.23. The molecule has 2 amide bonds. The number of halogens is 1. The normalized spacial score (nSPS) is 20.0. The summed E-state index contributed by atoms with van der Waals surface area (Å²) in [7, 11) is 0. The van der Waals surface area contributed by atoms with Crippen LogP contribution in [0.3, 0.4) is 0 Å². The van der Waals surface area contributed by atoms with E-state index in [1.165, 1.54) is 6.42 Å². The van der Waals surface area contributed by atoms with Crippen LogP contribution >= 0.6 is 11.6 Å². The van der Waals surface area contributed by atoms with Crippen molar-refractivity contribution in [3.8, 4) is 0 Å². The van der Waals surface area contributed by atoms with E-state index in [1.807, 2.05) is 36.9 Å². The van der Waals surface area contributed by atoms with E-state index in [2.05, 4.69) is 15.1 Å². The summed E-state index contributed by atoms with van der Waals surface area (Å²) < 4.78 is 0. The third-order valence-electron chi connectivity index (χ3n) is 5.93. The summed E-state index contributed by atoms with van der Waals surface area (Å²) in [4.78, 5) is 31.5. The molecule has 6 nitrogen and oxygen atoms in total. The van der Waals surface area contributed by atoms with Crippen molar-refractivity contribution in [2.75, 3.05) is 51.1 Å². The van der Waals surface area contributed by atoms with Crippen LogP contribution in [-0.4, -0.2) is 78.4 Å². The quantitative estimate of drug-likeness (QED) is 0.816. The van der Waals surface area contributed by atoms with Crippen molar-refractivity contribution >= 4 is 29.1 Å². The predicted octanol–water partition coefficient (Wildman–Crippen LogP) is 2.61. The molecule has 0 saturated carbocycles. The largest absolute Gasteiger partial charge is 0.342 e. The van der Waals surface area contributed by atoms with Crippen LogP contribution < -0.4 is 5.32 Å². The van der Waals surface area contributed by atoms with Crippen molar-refractivity contribution in [1.82, 2.24) is 14.7 Å². The highest BCUT2D eigenvalue weighted by atomic mass is 35.5. The maximum atomic E-state index is 12.7. The molecule has 1 aromatic carbocycles. The zero-order valence-electron chi connectivity index (χ0n) is 16.9. The Kier molecular flexibility index (Phi) is 7.32. The second kappa shape index (κ2) is 9.72. The SMILES string of the molecule is Cc1c(Cl)cccc1NC(=O)[C@@H](C)N1CCN(CC(=O)N2CCCCC2)CC1. The highest BCUT2D eigenvalue weighted by Gasteiger charge is 2.27. The van der Waals surface area contributed by atoms with Crippen LogP contribution in [0.25, 0.3) is 0 Å². The lowest BCUT2D eigenvalue weighted by Gasteiger charge is -2.38. The summed E-state index contributed by atoms with van der Waals surface area (Å²) in [6.45, 7) is 9.34. The number of rotatable bonds is 5. The second-order valence-corrected chi connectivity index (χ2v) is 8.24. The Morgan fingerprint density at radius 1 is 1.07 bits per heavy atom. The van der Waals surface area contributed by atoms with Gasteiger partial charge in [0.15, 0.2) is 0 Å². The highest BCUT2D eigenvalue weighted by molar-refractivity contribution is 6.31. The summed E-state index contributed by atoms with van der Waals surface area (Å²) in [6, 6.07) is 5.31. The standard InChI is InChI=1S/C21H31ClN4O2/c1-16-18(22)7-6-8-19(16)23-21(28)17(2)25-13-11-24(12-14-25)15-20(27)26-9-4-3-5-10-26/h6-8,17H,3-5,9-15H2,1-2H3,(H,23,28)/t17-/m1/s1. The minimum Gasteiger partial charge on any atom is -0.342 e. The van der Waals surface area contributed by atoms with Crippen LogP contribution in [0.1, 0.15) is 31.7 Å². The number of hydrogen-bond acceptors (Lipinski definition) is 4. The fourth-order valence-electron chi connectivity index (χ4n) is 3.89. The number of benzene rings is 1. The van der Waals surface area contributed by atoms with Gasteiger partial charge in [0.05, 0.1) is 12.6 Å². The summed E-state index contributed by atoms with van der Waals surface area (Å²) in [5.41, 5.74) is 1.64. The summed E-state index contributed by atoms with van der Waals surface area (Å²) in [5, 5.41) is 3.65. The molecule has 7 heteroatoms. The molecule has 2 aliphatic heterocycles. The van der Waals surface area contributed by atoms with Gasteiger partial charge < -0.3 is 10.2 Å². The van der Waals surface area contributed by atoms with E-state index < -0.39 is 0 Å². The van der Waals surface area contributed by atoms with Crippen LogP contribution in [0.2, 0.25) is 5.02 Å². The third-order valence-corrected chi connectivity index (χ3v) is 6.34. The van der Waals surface area contributed by atoms with E-state index >= 15 is 0 Å². The van der Waals surface area contributed by atoms with Gasteiger partial charge in [0, 0.05) is 50.0 Å². The van der Waals surface area contributed by atoms with Crippen LogP contribution in [-0.2, 0) is 9.59 Å². The molecule has 0 unspecified atom stereocenters. The van der Waals surface area contributed by atoms with Gasteiger partial charge >= 0.3 is 0 Å². The van der Waals surface area contributed by atoms with E-state index in [9.17, 15) is 9.59 Å². The molecule has 2 aliphatic rings. The number of piperidine rings is 1. The number of hydrogen-bond donors (Lipinski definition) is 1. The maximum Gasteiger partial charge on any atom is 0.241 e. The lowest BCUT2D eigenvalue weighted by atomic mass is 10.1. The first kappa shape index (κ1) is 21.1. The Hall–Kier alpha value is -1.63. The van der Waals surface area contributed by atoms with E-state index in [0.29, 0.717) is 11.6 Å². The molecule has 2 fully saturated rings. The molecular formula is C21H31ClN4O2. The topological polar surface area (TPSA) is 55.9 Å². The first-order chi connectivity index (χ1) is 13.5. The molecule has 0 spiro atoms. The fourth-order valence-corrected chi connectivity index (χ4v) is 4.06. The molecule has 0 radical (unpaired) electrons. The number of carbonyl (C=O) groups is 2. The fraction of sp³-hybridized carbons (Fsp3) is 0.619. The Bertz CT molecular complexity index is 698. The number of piperazine rings is 1. The summed E-state index contributed by atoms with van der Waals surface area (Å²) in [5.74, 6) is 0.221. The van der Waals surface area contributed by atoms with Gasteiger partial charge in [-0.05, 0) is 50.8 Å². The number of carbonyl (C=O) groups excluding carboxylic acids is 2. The van der Waals surface area contributed by atoms with Gasteiger partial charge in [0.1, 0.15) is 0 Å². The molecule has 3 rings (SSSR count). The van der Waals surface area contributed by atoms with Crippen molar-refractivity contribution in [3.05, 3.63) is 28.8 Å². The van der Waals surface area contributed by atoms with E-state index in [0.717, 1.165) is 63.4 Å². The zero-order valence-corrected chi connectivity index (χ0v) is 17.7. The van der Waals surface area contributed by atoms with E-state index in [4.69, 9.17) is 11.6 Å². The van der Waals surface area contributed by atoms with Gasteiger partial charge in [0.25, 0.3) is 0 Å². The molecule has 2 heterocycles. The number of nitrogens with one attached hydrogen (secondary N) is 1. The predicted molar refractivity (Wildman–Crippen MR) is 113 cm³/mol. The lowest BCUT2D eigenvalue weighted by molar-refractivity contribution is -0.134. The van der Waals surface area contributed by atoms with E-state index in [-0.39, 0.29) is 17.9 Å². The monoisotopic (exact) mass is 406 g/mol. The average Bonchev–Trinajstić information content (AvgIpc) is 2.72. The van der Waals surface area contributed by atoms with Crippen LogP contribution in [0, 0.1) is 6.92 Å². The number of anilines is 1. The summed E-state index contributed by atoms with van der Waals surface area (Å²) in [6.07, 6.45) is 3.48. The van der Waals surface area contributed by atoms with Crippen molar-refractivity contribution < 1.29 is 9.59 Å². The average molecular weight is 407 g/mol. The zero-order chi connectivity index (χ0) is 20.1. The first-order valence-electron chi connectivity index (χ1n) is 10.3. The van der Waals surface area contributed by atoms with Gasteiger partial charge in [-0.25, -0.2) is 0 Å². The molecular weight excluding hydrogens is 376 g/mol. The van der Waals surface area contributed by atoms with E-state index in [1.54, 1.807) is 0 Å². The Labute approximate surface area is 172 Å². The molecule has 1 atom stereocenters. The van der Waals surface area contributed by atoms with Crippen molar-refractivity contribution in [2.24, 2.45) is 0 Å². The van der Waals surface area contributed by atoms with Crippen molar-refractivity contribution in [1.29, 1.82) is 0 Å². The third kappa shape index (κ3) is 5.25. The van der Waals surface area contributed by atoms with Crippen LogP contribution in [0.5, 0.6) is 0 Å². The molecule has 1 aromatic rings. The molecule has 1 N–H and O–H groups in total. The minimum absolute atomic E-state index is 0.0248. The van der Waals surface area contributed by atoms with Crippen LogP contribution in [0.4, 0.5) is 5.69 Å². The number of likely N-dealkylation sites (tertiary alicyclic amines) is 1. The molecule has 0 aromatic heterocycles. The summed E-state index contributed by atoms with van der Waals surface area (Å²) >= 11 is 6.14. The van der Waals surface area contributed by atoms with Gasteiger partial charge in [0.2, 0.25) is 11.8 Å². The Morgan fingerprint density at radius 3 is 2.43 bits per heavy atom. The minimum atomic E-state index is -0.224. The molecule has 0 bridgehead atoms. The van der Waals surface area contributed by atoms with Crippen molar-refractivity contribution in [3.63, 3.8) is 0 Å². The Balaban J connectivity index is 1.46. The van der Waals surface area contributed by atoms with Gasteiger partial charge in [-0.2, -0.15) is 0 Å².